The molecule has 0 bridgehead atoms. The summed E-state index contributed by atoms with van der Waals surface area (Å²) in [5, 5.41) is 10.4. The summed E-state index contributed by atoms with van der Waals surface area (Å²) in [5.41, 5.74) is 1.53. The van der Waals surface area contributed by atoms with Crippen LogP contribution in [-0.2, 0) is 19.1 Å². The van der Waals surface area contributed by atoms with Crippen LogP contribution in [0.1, 0.15) is 26.7 Å². The molecule has 1 fully saturated rings. The molecule has 110 valence electrons. The van der Waals surface area contributed by atoms with Crippen molar-refractivity contribution < 1.29 is 19.1 Å². The minimum Gasteiger partial charge on any atom is -0.460 e. The Hall–Kier alpha value is -1.54. The molecule has 0 radical (unpaired) electrons. The van der Waals surface area contributed by atoms with Crippen LogP contribution in [0.15, 0.2) is 5.51 Å². The second kappa shape index (κ2) is 6.76. The highest BCUT2D eigenvalue weighted by Gasteiger charge is 2.36. The second-order valence-electron chi connectivity index (χ2n) is 4.87. The molecule has 0 spiro atoms. The number of rotatable bonds is 6. The first kappa shape index (κ1) is 14.9. The Morgan fingerprint density at radius 3 is 3.10 bits per heavy atom. The van der Waals surface area contributed by atoms with Gasteiger partial charge in [0.1, 0.15) is 11.6 Å². The van der Waals surface area contributed by atoms with Gasteiger partial charge in [-0.25, -0.2) is 0 Å². The summed E-state index contributed by atoms with van der Waals surface area (Å²) >= 11 is 1.23. The third kappa shape index (κ3) is 4.24. The molecular weight excluding hydrogens is 282 g/mol. The molecule has 1 aromatic heterocycles. The van der Waals surface area contributed by atoms with Crippen LogP contribution in [0.25, 0.3) is 0 Å². The van der Waals surface area contributed by atoms with E-state index in [2.05, 4.69) is 15.5 Å². The average molecular weight is 299 g/mol. The smallest absolute Gasteiger partial charge is 0.309 e. The minimum absolute atomic E-state index is 0.0912. The number of nitrogens with one attached hydrogen (secondary N) is 1. The molecule has 7 nitrogen and oxygen atoms in total. The highest BCUT2D eigenvalue weighted by molar-refractivity contribution is 7.13. The average Bonchev–Trinajstić information content (AvgIpc) is 2.98. The molecule has 0 aliphatic carbocycles. The van der Waals surface area contributed by atoms with Gasteiger partial charge in [0.05, 0.1) is 18.6 Å². The number of carbonyl (C=O) groups excluding carboxylic acids is 2. The van der Waals surface area contributed by atoms with Gasteiger partial charge < -0.3 is 14.8 Å². The van der Waals surface area contributed by atoms with E-state index in [0.717, 1.165) is 0 Å². The Morgan fingerprint density at radius 2 is 2.45 bits per heavy atom. The summed E-state index contributed by atoms with van der Waals surface area (Å²) in [6.07, 6.45) is 0.434. The van der Waals surface area contributed by atoms with Crippen LogP contribution in [0.3, 0.4) is 0 Å². The van der Waals surface area contributed by atoms with Crippen LogP contribution in [0.5, 0.6) is 0 Å². The predicted molar refractivity (Wildman–Crippen MR) is 72.2 cm³/mol. The molecule has 1 aliphatic heterocycles. The fourth-order valence-electron chi connectivity index (χ4n) is 1.91. The van der Waals surface area contributed by atoms with Gasteiger partial charge in [0.25, 0.3) is 0 Å². The molecule has 8 heteroatoms. The van der Waals surface area contributed by atoms with Crippen molar-refractivity contribution in [3.8, 4) is 0 Å². The zero-order valence-corrected chi connectivity index (χ0v) is 12.2. The monoisotopic (exact) mass is 299 g/mol. The number of esters is 1. The summed E-state index contributed by atoms with van der Waals surface area (Å²) in [6, 6.07) is 0. The lowest BCUT2D eigenvalue weighted by atomic mass is 10.0. The molecule has 0 unspecified atom stereocenters. The molecule has 2 atom stereocenters. The number of anilines is 1. The number of hydrogen-bond acceptors (Lipinski definition) is 7. The molecule has 1 saturated heterocycles. The van der Waals surface area contributed by atoms with Crippen molar-refractivity contribution in [2.45, 2.75) is 38.9 Å². The molecule has 1 amide bonds. The van der Waals surface area contributed by atoms with E-state index in [1.54, 1.807) is 0 Å². The van der Waals surface area contributed by atoms with Gasteiger partial charge in [-0.1, -0.05) is 11.3 Å². The first-order valence-electron chi connectivity index (χ1n) is 6.42. The molecule has 1 aromatic rings. The fraction of sp³-hybridized carbons (Fsp3) is 0.667. The molecule has 0 saturated carbocycles. The second-order valence-corrected chi connectivity index (χ2v) is 5.70. The van der Waals surface area contributed by atoms with Gasteiger partial charge in [0, 0.05) is 12.8 Å². The topological polar surface area (TPSA) is 90.4 Å². The van der Waals surface area contributed by atoms with Crippen LogP contribution in [0.2, 0.25) is 0 Å². The van der Waals surface area contributed by atoms with Crippen molar-refractivity contribution in [1.29, 1.82) is 0 Å². The quantitative estimate of drug-likeness (QED) is 0.794. The van der Waals surface area contributed by atoms with Crippen LogP contribution in [0.4, 0.5) is 5.13 Å². The van der Waals surface area contributed by atoms with E-state index in [-0.39, 0.29) is 30.5 Å². The summed E-state index contributed by atoms with van der Waals surface area (Å²) in [7, 11) is 0. The number of aromatic nitrogens is 2. The number of hydrogen-bond donors (Lipinski definition) is 1. The van der Waals surface area contributed by atoms with Gasteiger partial charge in [-0.3, -0.25) is 9.59 Å². The predicted octanol–water partition coefficient (Wildman–Crippen LogP) is 1.22. The van der Waals surface area contributed by atoms with Crippen molar-refractivity contribution >= 4 is 28.3 Å². The molecule has 2 heterocycles. The molecule has 0 aromatic carbocycles. The van der Waals surface area contributed by atoms with Crippen LogP contribution >= 0.6 is 11.3 Å². The fourth-order valence-corrected chi connectivity index (χ4v) is 2.37. The van der Waals surface area contributed by atoms with Gasteiger partial charge in [0.15, 0.2) is 0 Å². The van der Waals surface area contributed by atoms with Gasteiger partial charge in [-0.05, 0) is 13.8 Å². The summed E-state index contributed by atoms with van der Waals surface area (Å²) in [5.74, 6) is -1.01. The van der Waals surface area contributed by atoms with E-state index < -0.39 is 5.92 Å². The Morgan fingerprint density at radius 1 is 1.65 bits per heavy atom. The van der Waals surface area contributed by atoms with E-state index in [1.807, 2.05) is 13.8 Å². The number of nitrogens with zero attached hydrogens (tertiary/aromatic N) is 2. The molecule has 2 rings (SSSR count). The van der Waals surface area contributed by atoms with Gasteiger partial charge in [-0.2, -0.15) is 0 Å². The molecular formula is C12H17N3O4S. The maximum absolute atomic E-state index is 11.8. The first-order valence-corrected chi connectivity index (χ1v) is 7.30. The number of amides is 1. The lowest BCUT2D eigenvalue weighted by molar-refractivity contribution is -0.147. The largest absolute Gasteiger partial charge is 0.460 e. The lowest BCUT2D eigenvalue weighted by Gasteiger charge is -2.11. The Kier molecular flexibility index (Phi) is 5.02. The van der Waals surface area contributed by atoms with Crippen molar-refractivity contribution in [3.63, 3.8) is 0 Å². The Bertz CT molecular complexity index is 463. The molecule has 1 aliphatic rings. The lowest BCUT2D eigenvalue weighted by Crippen LogP contribution is -2.19. The SMILES string of the molecule is CC(C)OC[C@H]1C[C@H](CC(=O)Nc2nncs2)C(=O)O1. The van der Waals surface area contributed by atoms with Crippen LogP contribution in [0, 0.1) is 5.92 Å². The van der Waals surface area contributed by atoms with Gasteiger partial charge in [-0.15, -0.1) is 10.2 Å². The molecule has 1 N–H and O–H groups in total. The molecule has 20 heavy (non-hydrogen) atoms. The normalized spacial score (nSPS) is 22.1. The Labute approximate surface area is 120 Å². The summed E-state index contributed by atoms with van der Waals surface area (Å²) in [4.78, 5) is 23.5. The minimum atomic E-state index is -0.413. The first-order chi connectivity index (χ1) is 9.54. The number of carbonyl (C=O) groups is 2. The maximum atomic E-state index is 11.8. The zero-order valence-electron chi connectivity index (χ0n) is 11.4. The third-order valence-corrected chi connectivity index (χ3v) is 3.42. The summed E-state index contributed by atoms with van der Waals surface area (Å²) < 4.78 is 10.6. The van der Waals surface area contributed by atoms with Crippen molar-refractivity contribution in [3.05, 3.63) is 5.51 Å². The van der Waals surface area contributed by atoms with E-state index in [4.69, 9.17) is 9.47 Å². The van der Waals surface area contributed by atoms with Crippen LogP contribution < -0.4 is 5.32 Å². The third-order valence-electron chi connectivity index (χ3n) is 2.82. The summed E-state index contributed by atoms with van der Waals surface area (Å²) in [6.45, 7) is 4.21. The van der Waals surface area contributed by atoms with Gasteiger partial charge >= 0.3 is 5.97 Å². The van der Waals surface area contributed by atoms with Crippen LogP contribution in [-0.4, -0.2) is 40.9 Å². The number of cyclic esters (lactones) is 1. The highest BCUT2D eigenvalue weighted by Crippen LogP contribution is 2.25. The van der Waals surface area contributed by atoms with E-state index in [9.17, 15) is 9.59 Å². The van der Waals surface area contributed by atoms with Crippen molar-refractivity contribution in [1.82, 2.24) is 10.2 Å². The van der Waals surface area contributed by atoms with Crippen molar-refractivity contribution in [2.75, 3.05) is 11.9 Å². The van der Waals surface area contributed by atoms with E-state index >= 15 is 0 Å². The van der Waals surface area contributed by atoms with E-state index in [0.29, 0.717) is 18.2 Å². The standard InChI is InChI=1S/C12H17N3O4S/c1-7(2)18-5-9-3-8(11(17)19-9)4-10(16)14-12-15-13-6-20-12/h6-9H,3-5H2,1-2H3,(H,14,15,16)/t8-,9-/m1/s1. The van der Waals surface area contributed by atoms with Crippen molar-refractivity contribution in [2.24, 2.45) is 5.92 Å². The van der Waals surface area contributed by atoms with E-state index in [1.165, 1.54) is 16.8 Å². The number of ether oxygens (including phenoxy) is 2. The zero-order chi connectivity index (χ0) is 14.5. The highest BCUT2D eigenvalue weighted by atomic mass is 32.1. The van der Waals surface area contributed by atoms with Gasteiger partial charge in [0.2, 0.25) is 11.0 Å². The Balaban J connectivity index is 1.78. The maximum Gasteiger partial charge on any atom is 0.309 e.